The molecule has 154 valence electrons. The molecule has 4 heteroatoms. The van der Waals surface area contributed by atoms with E-state index in [1.165, 1.54) is 72.6 Å². The summed E-state index contributed by atoms with van der Waals surface area (Å²) in [5.41, 5.74) is 5.22. The third kappa shape index (κ3) is 3.92. The molecule has 0 bridgehead atoms. The molecule has 0 N–H and O–H groups in total. The van der Waals surface area contributed by atoms with Crippen LogP contribution in [-0.2, 0) is 25.7 Å². The van der Waals surface area contributed by atoms with E-state index in [9.17, 15) is 0 Å². The molecule has 0 amide bonds. The minimum Gasteiger partial charge on any atom is -0.361 e. The van der Waals surface area contributed by atoms with Gasteiger partial charge in [0.25, 0.3) is 0 Å². The Labute approximate surface area is 169 Å². The molecular formula is C24H36N2O2. The minimum absolute atomic E-state index is 0.458. The topological polar surface area (TPSA) is 52.1 Å². The van der Waals surface area contributed by atoms with Gasteiger partial charge in [-0.25, -0.2) is 0 Å². The van der Waals surface area contributed by atoms with Crippen molar-refractivity contribution in [1.82, 2.24) is 10.3 Å². The van der Waals surface area contributed by atoms with Crippen molar-refractivity contribution in [2.45, 2.75) is 104 Å². The van der Waals surface area contributed by atoms with Crippen LogP contribution < -0.4 is 0 Å². The Kier molecular flexibility index (Phi) is 5.93. The van der Waals surface area contributed by atoms with E-state index in [0.717, 1.165) is 37.5 Å². The van der Waals surface area contributed by atoms with Crippen molar-refractivity contribution < 1.29 is 9.05 Å². The molecule has 2 aliphatic rings. The van der Waals surface area contributed by atoms with Gasteiger partial charge < -0.3 is 9.05 Å². The first-order valence-corrected chi connectivity index (χ1v) is 11.5. The predicted molar refractivity (Wildman–Crippen MR) is 111 cm³/mol. The van der Waals surface area contributed by atoms with E-state index in [4.69, 9.17) is 9.05 Å². The van der Waals surface area contributed by atoms with Gasteiger partial charge in [-0.05, 0) is 75.0 Å². The van der Waals surface area contributed by atoms with Gasteiger partial charge in [0.2, 0.25) is 0 Å². The smallest absolute Gasteiger partial charge is 0.140 e. The van der Waals surface area contributed by atoms with E-state index in [1.807, 2.05) is 0 Å². The number of nitrogens with zero attached hydrogens (tertiary/aromatic N) is 2. The fraction of sp³-hybridized carbons (Fsp3) is 0.750. The Bertz CT molecular complexity index is 720. The Morgan fingerprint density at radius 3 is 1.46 bits per heavy atom. The van der Waals surface area contributed by atoms with E-state index >= 15 is 0 Å². The van der Waals surface area contributed by atoms with Gasteiger partial charge in [0.1, 0.15) is 11.5 Å². The van der Waals surface area contributed by atoms with Crippen LogP contribution in [0.1, 0.15) is 112 Å². The second-order valence-electron chi connectivity index (χ2n) is 9.63. The predicted octanol–water partition coefficient (Wildman–Crippen LogP) is 6.38. The average molecular weight is 385 g/mol. The molecule has 0 aliphatic heterocycles. The maximum atomic E-state index is 5.76. The third-order valence-corrected chi connectivity index (χ3v) is 7.05. The lowest BCUT2D eigenvalue weighted by Crippen LogP contribution is -2.20. The highest BCUT2D eigenvalue weighted by atomic mass is 16.5. The summed E-state index contributed by atoms with van der Waals surface area (Å²) in [7, 11) is 0. The van der Waals surface area contributed by atoms with Crippen molar-refractivity contribution in [3.8, 4) is 0 Å². The molecule has 2 atom stereocenters. The first kappa shape index (κ1) is 19.7. The maximum absolute atomic E-state index is 5.76. The van der Waals surface area contributed by atoms with Gasteiger partial charge in [0.05, 0.1) is 11.4 Å². The fourth-order valence-electron chi connectivity index (χ4n) is 5.50. The number of aryl methyl sites for hydroxylation is 2. The zero-order chi connectivity index (χ0) is 19.7. The lowest BCUT2D eigenvalue weighted by molar-refractivity contribution is 0.232. The highest BCUT2D eigenvalue weighted by Gasteiger charge is 2.29. The van der Waals surface area contributed by atoms with Gasteiger partial charge in [0.15, 0.2) is 0 Å². The molecule has 0 aromatic carbocycles. The third-order valence-electron chi connectivity index (χ3n) is 7.05. The van der Waals surface area contributed by atoms with Gasteiger partial charge in [-0.1, -0.05) is 38.0 Å². The summed E-state index contributed by atoms with van der Waals surface area (Å²) in [6, 6.07) is 0. The van der Waals surface area contributed by atoms with E-state index in [-0.39, 0.29) is 0 Å². The van der Waals surface area contributed by atoms with Gasteiger partial charge in [0, 0.05) is 24.0 Å². The Hall–Kier alpha value is -1.58. The molecular weight excluding hydrogens is 348 g/mol. The molecule has 2 unspecified atom stereocenters. The summed E-state index contributed by atoms with van der Waals surface area (Å²) in [4.78, 5) is 0. The average Bonchev–Trinajstić information content (AvgIpc) is 3.19. The van der Waals surface area contributed by atoms with Crippen molar-refractivity contribution in [1.29, 1.82) is 0 Å². The molecule has 4 nitrogen and oxygen atoms in total. The lowest BCUT2D eigenvalue weighted by Gasteiger charge is -2.29. The largest absolute Gasteiger partial charge is 0.361 e. The molecule has 0 saturated heterocycles. The Morgan fingerprint density at radius 2 is 1.07 bits per heavy atom. The highest BCUT2D eigenvalue weighted by molar-refractivity contribution is 5.27. The van der Waals surface area contributed by atoms with Crippen LogP contribution in [-0.4, -0.2) is 10.3 Å². The molecule has 0 radical (unpaired) electrons. The molecule has 0 spiro atoms. The number of fused-ring (bicyclic) bond motifs is 2. The van der Waals surface area contributed by atoms with Crippen LogP contribution in [0.25, 0.3) is 0 Å². The molecule has 2 aliphatic carbocycles. The van der Waals surface area contributed by atoms with Crippen LogP contribution in [0.2, 0.25) is 0 Å². The SMILES string of the molecule is CC(C)c1noc2c1CCCC(C1CCCc3c(C(C)C)noc3CC1)CC2. The normalized spacial score (nSPS) is 23.6. The Morgan fingerprint density at radius 1 is 0.643 bits per heavy atom. The highest BCUT2D eigenvalue weighted by Crippen LogP contribution is 2.38. The van der Waals surface area contributed by atoms with Crippen molar-refractivity contribution in [3.05, 3.63) is 34.0 Å². The molecule has 0 fully saturated rings. The van der Waals surface area contributed by atoms with Crippen molar-refractivity contribution in [2.24, 2.45) is 11.8 Å². The maximum Gasteiger partial charge on any atom is 0.140 e. The van der Waals surface area contributed by atoms with Crippen molar-refractivity contribution in [3.63, 3.8) is 0 Å². The first-order valence-electron chi connectivity index (χ1n) is 11.5. The van der Waals surface area contributed by atoms with Crippen LogP contribution in [0.5, 0.6) is 0 Å². The van der Waals surface area contributed by atoms with Crippen LogP contribution in [0.3, 0.4) is 0 Å². The molecule has 28 heavy (non-hydrogen) atoms. The number of hydrogen-bond acceptors (Lipinski definition) is 4. The van der Waals surface area contributed by atoms with Crippen LogP contribution in [0.4, 0.5) is 0 Å². The number of rotatable bonds is 3. The molecule has 0 saturated carbocycles. The summed E-state index contributed by atoms with van der Waals surface area (Å²) in [6.45, 7) is 8.88. The fourth-order valence-corrected chi connectivity index (χ4v) is 5.50. The summed E-state index contributed by atoms with van der Waals surface area (Å²) >= 11 is 0. The zero-order valence-corrected chi connectivity index (χ0v) is 18.1. The van der Waals surface area contributed by atoms with E-state index in [0.29, 0.717) is 11.8 Å². The summed E-state index contributed by atoms with van der Waals surface area (Å²) in [6.07, 6.45) is 12.1. The standard InChI is InChI=1S/C24H36N2O2/c1-15(2)23-19-9-5-7-17(11-13-21(19)27-25-23)18-8-6-10-20-22(14-12-18)28-26-24(20)16(3)4/h15-18H,5-14H2,1-4H3. The van der Waals surface area contributed by atoms with Crippen LogP contribution >= 0.6 is 0 Å². The molecule has 2 heterocycles. The van der Waals surface area contributed by atoms with Crippen molar-refractivity contribution >= 4 is 0 Å². The molecule has 4 rings (SSSR count). The molecule has 2 aromatic rings. The van der Waals surface area contributed by atoms with E-state index in [1.54, 1.807) is 0 Å². The van der Waals surface area contributed by atoms with Gasteiger partial charge in [-0.3, -0.25) is 0 Å². The second kappa shape index (κ2) is 8.42. The minimum atomic E-state index is 0.458. The first-order chi connectivity index (χ1) is 13.5. The zero-order valence-electron chi connectivity index (χ0n) is 18.1. The quantitative estimate of drug-likeness (QED) is 0.616. The number of aromatic nitrogens is 2. The summed E-state index contributed by atoms with van der Waals surface area (Å²) < 4.78 is 11.5. The van der Waals surface area contributed by atoms with Crippen LogP contribution in [0.15, 0.2) is 9.05 Å². The Balaban J connectivity index is 1.43. The summed E-state index contributed by atoms with van der Waals surface area (Å²) in [5.74, 6) is 4.85. The number of hydrogen-bond donors (Lipinski definition) is 0. The van der Waals surface area contributed by atoms with Gasteiger partial charge in [-0.15, -0.1) is 0 Å². The monoisotopic (exact) mass is 384 g/mol. The van der Waals surface area contributed by atoms with Crippen LogP contribution in [0, 0.1) is 11.8 Å². The van der Waals surface area contributed by atoms with Crippen molar-refractivity contribution in [2.75, 3.05) is 0 Å². The summed E-state index contributed by atoms with van der Waals surface area (Å²) in [5, 5.41) is 8.79. The van der Waals surface area contributed by atoms with Gasteiger partial charge in [-0.2, -0.15) is 0 Å². The lowest BCUT2D eigenvalue weighted by atomic mass is 9.75. The van der Waals surface area contributed by atoms with Gasteiger partial charge >= 0.3 is 0 Å². The molecule has 2 aromatic heterocycles. The van der Waals surface area contributed by atoms with E-state index < -0.39 is 0 Å². The van der Waals surface area contributed by atoms with E-state index in [2.05, 4.69) is 38.0 Å². The second-order valence-corrected chi connectivity index (χ2v) is 9.63.